The molecule has 0 fully saturated rings. The average molecular weight is 293 g/mol. The van der Waals surface area contributed by atoms with Gasteiger partial charge in [-0.1, -0.05) is 6.07 Å². The highest BCUT2D eigenvalue weighted by Crippen LogP contribution is 2.16. The Labute approximate surface area is 121 Å². The molecule has 0 unspecified atom stereocenters. The highest BCUT2D eigenvalue weighted by Gasteiger charge is 2.32. The van der Waals surface area contributed by atoms with E-state index in [1.165, 1.54) is 6.92 Å². The number of benzene rings is 1. The summed E-state index contributed by atoms with van der Waals surface area (Å²) in [5.41, 5.74) is 2.10. The third-order valence-corrected chi connectivity index (χ3v) is 3.53. The number of amides is 1. The highest BCUT2D eigenvalue weighted by molar-refractivity contribution is 6.62. The van der Waals surface area contributed by atoms with Crippen LogP contribution in [0.25, 0.3) is 0 Å². The van der Waals surface area contributed by atoms with Gasteiger partial charge in [-0.2, -0.15) is 0 Å². The van der Waals surface area contributed by atoms with Gasteiger partial charge in [-0.25, -0.2) is 4.79 Å². The lowest BCUT2D eigenvalue weighted by atomic mass is 9.75. The SMILES string of the molecule is Cc1c(C(=O)N[C@H](C(=O)O)[C@@H](C)O)ccc2c1B(O)OC2. The normalized spacial score (nSPS) is 16.3. The number of hydrogen-bond acceptors (Lipinski definition) is 5. The second-order valence-corrected chi connectivity index (χ2v) is 5.00. The molecule has 0 spiro atoms. The molecule has 0 saturated heterocycles. The fourth-order valence-electron chi connectivity index (χ4n) is 2.36. The maximum Gasteiger partial charge on any atom is 0.492 e. The molecule has 2 atom stereocenters. The molecule has 0 aliphatic carbocycles. The van der Waals surface area contributed by atoms with E-state index in [0.717, 1.165) is 5.56 Å². The number of carbonyl (C=O) groups excluding carboxylic acids is 1. The number of aliphatic hydroxyl groups excluding tert-OH is 1. The topological polar surface area (TPSA) is 116 Å². The molecule has 1 aromatic carbocycles. The molecule has 0 radical (unpaired) electrons. The van der Waals surface area contributed by atoms with Crippen molar-refractivity contribution < 1.29 is 29.5 Å². The van der Waals surface area contributed by atoms with Gasteiger partial charge in [-0.15, -0.1) is 0 Å². The summed E-state index contributed by atoms with van der Waals surface area (Å²) in [6.07, 6.45) is -1.23. The second kappa shape index (κ2) is 5.84. The second-order valence-electron chi connectivity index (χ2n) is 5.00. The van der Waals surface area contributed by atoms with E-state index >= 15 is 0 Å². The first-order valence-electron chi connectivity index (χ1n) is 6.46. The van der Waals surface area contributed by atoms with E-state index in [0.29, 0.717) is 11.0 Å². The van der Waals surface area contributed by atoms with Gasteiger partial charge in [0.25, 0.3) is 5.91 Å². The minimum Gasteiger partial charge on any atom is -0.480 e. The van der Waals surface area contributed by atoms with Gasteiger partial charge in [0.05, 0.1) is 12.7 Å². The summed E-state index contributed by atoms with van der Waals surface area (Å²) in [5.74, 6) is -1.94. The average Bonchev–Trinajstić information content (AvgIpc) is 2.77. The summed E-state index contributed by atoms with van der Waals surface area (Å²) in [4.78, 5) is 23.2. The summed E-state index contributed by atoms with van der Waals surface area (Å²) in [6.45, 7) is 3.21. The van der Waals surface area contributed by atoms with Crippen LogP contribution in [0, 0.1) is 6.92 Å². The Bertz CT molecular complexity index is 588. The zero-order chi connectivity index (χ0) is 15.7. The lowest BCUT2D eigenvalue weighted by Crippen LogP contribution is -2.48. The van der Waals surface area contributed by atoms with Crippen molar-refractivity contribution in [1.29, 1.82) is 0 Å². The Morgan fingerprint density at radius 1 is 1.43 bits per heavy atom. The van der Waals surface area contributed by atoms with Crippen molar-refractivity contribution in [2.45, 2.75) is 32.6 Å². The van der Waals surface area contributed by atoms with Crippen LogP contribution >= 0.6 is 0 Å². The van der Waals surface area contributed by atoms with Crippen LogP contribution in [-0.4, -0.2) is 46.4 Å². The minimum absolute atomic E-state index is 0.241. The Balaban J connectivity index is 2.29. The molecule has 0 bridgehead atoms. The first-order valence-corrected chi connectivity index (χ1v) is 6.46. The van der Waals surface area contributed by atoms with E-state index in [-0.39, 0.29) is 12.2 Å². The Morgan fingerprint density at radius 2 is 2.10 bits per heavy atom. The molecule has 1 amide bonds. The molecule has 2 rings (SSSR count). The number of fused-ring (bicyclic) bond motifs is 1. The molecule has 1 aromatic rings. The number of hydrogen-bond donors (Lipinski definition) is 4. The van der Waals surface area contributed by atoms with Crippen molar-refractivity contribution in [2.75, 3.05) is 0 Å². The van der Waals surface area contributed by atoms with Crippen molar-refractivity contribution >= 4 is 24.5 Å². The monoisotopic (exact) mass is 293 g/mol. The minimum atomic E-state index is -1.40. The van der Waals surface area contributed by atoms with E-state index in [1.807, 2.05) is 0 Å². The number of nitrogens with one attached hydrogen (secondary N) is 1. The van der Waals surface area contributed by atoms with Gasteiger partial charge in [0, 0.05) is 5.56 Å². The van der Waals surface area contributed by atoms with Gasteiger partial charge in [-0.3, -0.25) is 4.79 Å². The highest BCUT2D eigenvalue weighted by atomic mass is 16.5. The Kier molecular flexibility index (Phi) is 4.31. The summed E-state index contributed by atoms with van der Waals surface area (Å²) in [6, 6.07) is 1.81. The van der Waals surface area contributed by atoms with Crippen molar-refractivity contribution in [3.8, 4) is 0 Å². The smallest absolute Gasteiger partial charge is 0.480 e. The molecule has 8 heteroatoms. The lowest BCUT2D eigenvalue weighted by Gasteiger charge is -2.18. The fourth-order valence-corrected chi connectivity index (χ4v) is 2.36. The van der Waals surface area contributed by atoms with Crippen molar-refractivity contribution in [2.24, 2.45) is 0 Å². The van der Waals surface area contributed by atoms with Crippen LogP contribution in [0.4, 0.5) is 0 Å². The molecule has 112 valence electrons. The van der Waals surface area contributed by atoms with E-state index in [2.05, 4.69) is 5.32 Å². The van der Waals surface area contributed by atoms with Crippen LogP contribution in [0.2, 0.25) is 0 Å². The van der Waals surface area contributed by atoms with Gasteiger partial charge >= 0.3 is 13.1 Å². The van der Waals surface area contributed by atoms with Crippen LogP contribution in [0.3, 0.4) is 0 Å². The van der Waals surface area contributed by atoms with E-state index < -0.39 is 31.1 Å². The molecular formula is C13H16BNO6. The van der Waals surface area contributed by atoms with Crippen molar-refractivity contribution in [1.82, 2.24) is 5.32 Å². The predicted octanol–water partition coefficient (Wildman–Crippen LogP) is -1.22. The van der Waals surface area contributed by atoms with Gasteiger partial charge < -0.3 is 25.2 Å². The van der Waals surface area contributed by atoms with Gasteiger partial charge in [0.15, 0.2) is 6.04 Å². The quantitative estimate of drug-likeness (QED) is 0.517. The molecule has 7 nitrogen and oxygen atoms in total. The number of carboxylic acid groups (broad SMARTS) is 1. The standard InChI is InChI=1S/C13H16BNO6/c1-6-9(4-3-8-5-21-14(20)10(6)8)12(17)15-11(7(2)16)13(18)19/h3-4,7,11,16,20H,5H2,1-2H3,(H,15,17)(H,18,19)/t7-,11+/m1/s1. The van der Waals surface area contributed by atoms with E-state index in [9.17, 15) is 19.7 Å². The van der Waals surface area contributed by atoms with Crippen LogP contribution in [0.15, 0.2) is 12.1 Å². The first kappa shape index (κ1) is 15.5. The number of carboxylic acids is 1. The Morgan fingerprint density at radius 3 is 2.67 bits per heavy atom. The predicted molar refractivity (Wildman–Crippen MR) is 74.1 cm³/mol. The number of rotatable bonds is 4. The number of aliphatic hydroxyl groups is 1. The molecule has 1 aliphatic heterocycles. The molecule has 21 heavy (non-hydrogen) atoms. The maximum atomic E-state index is 12.2. The molecule has 1 aliphatic rings. The summed E-state index contributed by atoms with van der Waals surface area (Å²) >= 11 is 0. The summed E-state index contributed by atoms with van der Waals surface area (Å²) in [7, 11) is -1.08. The third kappa shape index (κ3) is 2.92. The van der Waals surface area contributed by atoms with E-state index in [1.54, 1.807) is 19.1 Å². The third-order valence-electron chi connectivity index (χ3n) is 3.53. The zero-order valence-corrected chi connectivity index (χ0v) is 11.7. The lowest BCUT2D eigenvalue weighted by molar-refractivity contribution is -0.141. The zero-order valence-electron chi connectivity index (χ0n) is 11.7. The maximum absolute atomic E-state index is 12.2. The molecule has 1 heterocycles. The van der Waals surface area contributed by atoms with Crippen LogP contribution < -0.4 is 10.8 Å². The van der Waals surface area contributed by atoms with Gasteiger partial charge in [-0.05, 0) is 36.5 Å². The van der Waals surface area contributed by atoms with Crippen LogP contribution in [-0.2, 0) is 16.1 Å². The van der Waals surface area contributed by atoms with Crippen LogP contribution in [0.1, 0.15) is 28.4 Å². The molecular weight excluding hydrogens is 277 g/mol. The number of carbonyl (C=O) groups is 2. The van der Waals surface area contributed by atoms with Crippen molar-refractivity contribution in [3.63, 3.8) is 0 Å². The largest absolute Gasteiger partial charge is 0.492 e. The molecule has 4 N–H and O–H groups in total. The van der Waals surface area contributed by atoms with Crippen molar-refractivity contribution in [3.05, 3.63) is 28.8 Å². The number of aliphatic carboxylic acids is 1. The first-order chi connectivity index (χ1) is 9.82. The summed E-state index contributed by atoms with van der Waals surface area (Å²) < 4.78 is 5.09. The van der Waals surface area contributed by atoms with E-state index in [4.69, 9.17) is 9.76 Å². The summed E-state index contributed by atoms with van der Waals surface area (Å²) in [5, 5.41) is 30.4. The molecule has 0 aromatic heterocycles. The fraction of sp³-hybridized carbons (Fsp3) is 0.385. The van der Waals surface area contributed by atoms with Gasteiger partial charge in [0.1, 0.15) is 0 Å². The van der Waals surface area contributed by atoms with Gasteiger partial charge in [0.2, 0.25) is 0 Å². The molecule has 0 saturated carbocycles. The van der Waals surface area contributed by atoms with Crippen LogP contribution in [0.5, 0.6) is 0 Å². The Hall–Kier alpha value is -1.90.